The van der Waals surface area contributed by atoms with Gasteiger partial charge in [0.25, 0.3) is 0 Å². The Morgan fingerprint density at radius 3 is 2.50 bits per heavy atom. The predicted octanol–water partition coefficient (Wildman–Crippen LogP) is 3.57. The van der Waals surface area contributed by atoms with Gasteiger partial charge in [0.1, 0.15) is 13.2 Å². The number of anilines is 2. The molecule has 4 rings (SSSR count). The molecule has 1 atom stereocenters. The Balaban J connectivity index is 1.43. The van der Waals surface area contributed by atoms with E-state index in [4.69, 9.17) is 9.47 Å². The van der Waals surface area contributed by atoms with E-state index in [9.17, 15) is 9.59 Å². The van der Waals surface area contributed by atoms with Gasteiger partial charge >= 0.3 is 0 Å². The zero-order valence-electron chi connectivity index (χ0n) is 16.1. The van der Waals surface area contributed by atoms with Crippen molar-refractivity contribution in [2.45, 2.75) is 26.2 Å². The summed E-state index contributed by atoms with van der Waals surface area (Å²) in [5.74, 6) is 1.18. The second-order valence-corrected chi connectivity index (χ2v) is 7.50. The smallest absolute Gasteiger partial charge is 0.229 e. The number of carbonyl (C=O) groups is 2. The first kappa shape index (κ1) is 18.3. The van der Waals surface area contributed by atoms with Crippen LogP contribution < -0.4 is 19.7 Å². The molecule has 0 aromatic heterocycles. The highest BCUT2D eigenvalue weighted by Gasteiger charge is 2.35. The van der Waals surface area contributed by atoms with E-state index in [-0.39, 0.29) is 24.2 Å². The number of ether oxygens (including phenoxy) is 2. The van der Waals surface area contributed by atoms with Crippen LogP contribution in [-0.2, 0) is 9.59 Å². The van der Waals surface area contributed by atoms with Crippen LogP contribution in [-0.4, -0.2) is 31.6 Å². The molecule has 0 saturated carbocycles. The van der Waals surface area contributed by atoms with Gasteiger partial charge in [0.2, 0.25) is 11.8 Å². The maximum atomic E-state index is 12.7. The standard InChI is InChI=1S/C22H24N2O4/c1-14(2)15-3-5-17(6-4-15)23-22(26)16-11-21(25)24(13-16)18-7-8-19-20(12-18)28-10-9-27-19/h3-8,12,14,16H,9-11,13H2,1-2H3,(H,23,26)/t16-/m1/s1. The van der Waals surface area contributed by atoms with Gasteiger partial charge in [-0.3, -0.25) is 9.59 Å². The summed E-state index contributed by atoms with van der Waals surface area (Å²) in [6.45, 7) is 5.63. The first-order valence-corrected chi connectivity index (χ1v) is 9.62. The molecule has 0 bridgehead atoms. The molecule has 2 amide bonds. The molecule has 1 fully saturated rings. The molecule has 1 saturated heterocycles. The molecule has 6 heteroatoms. The van der Waals surface area contributed by atoms with Gasteiger partial charge < -0.3 is 19.7 Å². The number of carbonyl (C=O) groups excluding carboxylic acids is 2. The summed E-state index contributed by atoms with van der Waals surface area (Å²) in [7, 11) is 0. The zero-order valence-corrected chi connectivity index (χ0v) is 16.1. The molecule has 2 aliphatic heterocycles. The van der Waals surface area contributed by atoms with Crippen LogP contribution in [0.3, 0.4) is 0 Å². The molecular formula is C22H24N2O4. The quantitative estimate of drug-likeness (QED) is 0.880. The Kier molecular flexibility index (Phi) is 4.94. The summed E-state index contributed by atoms with van der Waals surface area (Å²) in [5.41, 5.74) is 2.70. The predicted molar refractivity (Wildman–Crippen MR) is 107 cm³/mol. The first-order chi connectivity index (χ1) is 13.5. The molecule has 2 aromatic rings. The number of nitrogens with one attached hydrogen (secondary N) is 1. The van der Waals surface area contributed by atoms with Gasteiger partial charge in [0, 0.05) is 30.4 Å². The lowest BCUT2D eigenvalue weighted by atomic mass is 10.0. The largest absolute Gasteiger partial charge is 0.486 e. The fourth-order valence-electron chi connectivity index (χ4n) is 3.53. The van der Waals surface area contributed by atoms with E-state index in [1.807, 2.05) is 30.3 Å². The minimum Gasteiger partial charge on any atom is -0.486 e. The summed E-state index contributed by atoms with van der Waals surface area (Å²) in [6, 6.07) is 13.3. The van der Waals surface area contributed by atoms with Crippen molar-refractivity contribution in [3.63, 3.8) is 0 Å². The van der Waals surface area contributed by atoms with Crippen LogP contribution in [0.1, 0.15) is 31.7 Å². The summed E-state index contributed by atoms with van der Waals surface area (Å²) in [5, 5.41) is 2.93. The Morgan fingerprint density at radius 1 is 1.07 bits per heavy atom. The van der Waals surface area contributed by atoms with E-state index in [1.54, 1.807) is 17.0 Å². The van der Waals surface area contributed by atoms with Crippen LogP contribution in [0, 0.1) is 5.92 Å². The minimum absolute atomic E-state index is 0.0630. The maximum absolute atomic E-state index is 12.7. The molecular weight excluding hydrogens is 356 g/mol. The molecule has 0 radical (unpaired) electrons. The van der Waals surface area contributed by atoms with Gasteiger partial charge in [0.15, 0.2) is 11.5 Å². The van der Waals surface area contributed by atoms with Crippen LogP contribution in [0.25, 0.3) is 0 Å². The lowest BCUT2D eigenvalue weighted by molar-refractivity contribution is -0.122. The number of nitrogens with zero attached hydrogens (tertiary/aromatic N) is 1. The Morgan fingerprint density at radius 2 is 1.79 bits per heavy atom. The molecule has 0 aliphatic carbocycles. The van der Waals surface area contributed by atoms with Crippen molar-refractivity contribution in [2.24, 2.45) is 5.92 Å². The highest BCUT2D eigenvalue weighted by Crippen LogP contribution is 2.36. The molecule has 2 heterocycles. The van der Waals surface area contributed by atoms with E-state index in [1.165, 1.54) is 5.56 Å². The summed E-state index contributed by atoms with van der Waals surface area (Å²) >= 11 is 0. The van der Waals surface area contributed by atoms with Crippen molar-refractivity contribution >= 4 is 23.2 Å². The number of hydrogen-bond donors (Lipinski definition) is 1. The van der Waals surface area contributed by atoms with E-state index in [2.05, 4.69) is 19.2 Å². The van der Waals surface area contributed by atoms with Gasteiger partial charge in [-0.25, -0.2) is 0 Å². The van der Waals surface area contributed by atoms with Gasteiger partial charge in [-0.2, -0.15) is 0 Å². The van der Waals surface area contributed by atoms with Crippen molar-refractivity contribution in [3.05, 3.63) is 48.0 Å². The van der Waals surface area contributed by atoms with Gasteiger partial charge in [0.05, 0.1) is 5.92 Å². The second-order valence-electron chi connectivity index (χ2n) is 7.50. The van der Waals surface area contributed by atoms with Crippen LogP contribution in [0.2, 0.25) is 0 Å². The summed E-state index contributed by atoms with van der Waals surface area (Å²) < 4.78 is 11.1. The minimum atomic E-state index is -0.384. The van der Waals surface area contributed by atoms with E-state index in [0.29, 0.717) is 37.2 Å². The van der Waals surface area contributed by atoms with E-state index >= 15 is 0 Å². The average molecular weight is 380 g/mol. The molecule has 6 nitrogen and oxygen atoms in total. The summed E-state index contributed by atoms with van der Waals surface area (Å²) in [6.07, 6.45) is 0.199. The summed E-state index contributed by atoms with van der Waals surface area (Å²) in [4.78, 5) is 26.8. The highest BCUT2D eigenvalue weighted by molar-refractivity contribution is 6.03. The number of hydrogen-bond acceptors (Lipinski definition) is 4. The monoisotopic (exact) mass is 380 g/mol. The van der Waals surface area contributed by atoms with Crippen molar-refractivity contribution in [3.8, 4) is 11.5 Å². The molecule has 2 aliphatic rings. The van der Waals surface area contributed by atoms with Crippen LogP contribution in [0.15, 0.2) is 42.5 Å². The Bertz CT molecular complexity index is 892. The maximum Gasteiger partial charge on any atom is 0.229 e. The third kappa shape index (κ3) is 3.67. The third-order valence-corrected chi connectivity index (χ3v) is 5.18. The van der Waals surface area contributed by atoms with E-state index < -0.39 is 0 Å². The van der Waals surface area contributed by atoms with Gasteiger partial charge in [-0.15, -0.1) is 0 Å². The molecule has 0 unspecified atom stereocenters. The third-order valence-electron chi connectivity index (χ3n) is 5.18. The van der Waals surface area contributed by atoms with Gasteiger partial charge in [-0.1, -0.05) is 26.0 Å². The van der Waals surface area contributed by atoms with Crippen LogP contribution >= 0.6 is 0 Å². The SMILES string of the molecule is CC(C)c1ccc(NC(=O)[C@@H]2CC(=O)N(c3ccc4c(c3)OCCO4)C2)cc1. The average Bonchev–Trinajstić information content (AvgIpc) is 3.10. The normalized spacial score (nSPS) is 18.5. The Labute approximate surface area is 164 Å². The highest BCUT2D eigenvalue weighted by atomic mass is 16.6. The van der Waals surface area contributed by atoms with E-state index in [0.717, 1.165) is 11.4 Å². The number of fused-ring (bicyclic) bond motifs is 1. The fourth-order valence-corrected chi connectivity index (χ4v) is 3.53. The fraction of sp³-hybridized carbons (Fsp3) is 0.364. The molecule has 2 aromatic carbocycles. The molecule has 146 valence electrons. The van der Waals surface area contributed by atoms with Crippen LogP contribution in [0.4, 0.5) is 11.4 Å². The molecule has 0 spiro atoms. The van der Waals surface area contributed by atoms with Crippen molar-refractivity contribution in [1.82, 2.24) is 0 Å². The van der Waals surface area contributed by atoms with Crippen LogP contribution in [0.5, 0.6) is 11.5 Å². The zero-order chi connectivity index (χ0) is 19.7. The number of amides is 2. The number of rotatable bonds is 4. The second kappa shape index (κ2) is 7.54. The van der Waals surface area contributed by atoms with Crippen molar-refractivity contribution in [2.75, 3.05) is 30.0 Å². The lowest BCUT2D eigenvalue weighted by Gasteiger charge is -2.22. The first-order valence-electron chi connectivity index (χ1n) is 9.62. The number of benzene rings is 2. The van der Waals surface area contributed by atoms with Gasteiger partial charge in [-0.05, 0) is 35.7 Å². The van der Waals surface area contributed by atoms with Crippen molar-refractivity contribution in [1.29, 1.82) is 0 Å². The topological polar surface area (TPSA) is 67.9 Å². The lowest BCUT2D eigenvalue weighted by Crippen LogP contribution is -2.28. The molecule has 1 N–H and O–H groups in total. The Hall–Kier alpha value is -3.02. The van der Waals surface area contributed by atoms with Crippen molar-refractivity contribution < 1.29 is 19.1 Å². The molecule has 28 heavy (non-hydrogen) atoms.